The molecule has 0 spiro atoms. The minimum atomic E-state index is -1.02. The van der Waals surface area contributed by atoms with E-state index in [1.54, 1.807) is 12.1 Å². The molecule has 9 heteroatoms. The number of hydrogen-bond donors (Lipinski definition) is 0. The SMILES string of the molecule is COC(=O)[C@H](C)N1C(=O)S/C(=C/c2c(OC)cc(OC)cc2OC)C1=O. The maximum absolute atomic E-state index is 12.6. The molecule has 2 amide bonds. The third-order valence-corrected chi connectivity index (χ3v) is 4.67. The van der Waals surface area contributed by atoms with Crippen molar-refractivity contribution in [1.82, 2.24) is 4.90 Å². The minimum absolute atomic E-state index is 0.146. The summed E-state index contributed by atoms with van der Waals surface area (Å²) in [6.07, 6.45) is 1.49. The number of carbonyl (C=O) groups is 3. The largest absolute Gasteiger partial charge is 0.496 e. The maximum atomic E-state index is 12.6. The van der Waals surface area contributed by atoms with Gasteiger partial charge in [-0.25, -0.2) is 4.79 Å². The number of rotatable bonds is 6. The van der Waals surface area contributed by atoms with Crippen LogP contribution in [0.15, 0.2) is 17.0 Å². The van der Waals surface area contributed by atoms with Crippen molar-refractivity contribution in [3.63, 3.8) is 0 Å². The van der Waals surface area contributed by atoms with Crippen molar-refractivity contribution < 1.29 is 33.3 Å². The highest BCUT2D eigenvalue weighted by molar-refractivity contribution is 8.18. The maximum Gasteiger partial charge on any atom is 0.328 e. The standard InChI is InChI=1S/C17H19NO7S/c1-9(16(20)25-5)18-15(19)14(26-17(18)21)8-11-12(23-3)6-10(22-2)7-13(11)24-4/h6-9H,1-5H3/b14-8+/t9-/m0/s1. The lowest BCUT2D eigenvalue weighted by Crippen LogP contribution is -2.42. The molecule has 140 valence electrons. The average Bonchev–Trinajstić information content (AvgIpc) is 2.93. The topological polar surface area (TPSA) is 91.4 Å². The predicted octanol–water partition coefficient (Wildman–Crippen LogP) is 2.31. The van der Waals surface area contributed by atoms with Gasteiger partial charge in [0.05, 0.1) is 38.9 Å². The molecule has 1 aromatic carbocycles. The van der Waals surface area contributed by atoms with Crippen LogP contribution in [0.25, 0.3) is 6.08 Å². The number of ether oxygens (including phenoxy) is 4. The molecule has 1 aliphatic heterocycles. The Kier molecular flexibility index (Phi) is 6.14. The summed E-state index contributed by atoms with van der Waals surface area (Å²) in [7, 11) is 5.64. The third kappa shape index (κ3) is 3.62. The molecule has 1 atom stereocenters. The van der Waals surface area contributed by atoms with Gasteiger partial charge in [0.15, 0.2) is 0 Å². The number of nitrogens with zero attached hydrogens (tertiary/aromatic N) is 1. The quantitative estimate of drug-likeness (QED) is 0.548. The number of hydrogen-bond acceptors (Lipinski definition) is 8. The van der Waals surface area contributed by atoms with Gasteiger partial charge in [-0.15, -0.1) is 0 Å². The zero-order chi connectivity index (χ0) is 19.4. The van der Waals surface area contributed by atoms with Crippen LogP contribution in [-0.4, -0.2) is 56.5 Å². The fraction of sp³-hybridized carbons (Fsp3) is 0.353. The van der Waals surface area contributed by atoms with Gasteiger partial charge in [0.1, 0.15) is 23.3 Å². The van der Waals surface area contributed by atoms with Crippen molar-refractivity contribution in [2.45, 2.75) is 13.0 Å². The zero-order valence-corrected chi connectivity index (χ0v) is 15.8. The lowest BCUT2D eigenvalue weighted by atomic mass is 10.1. The number of benzene rings is 1. The summed E-state index contributed by atoms with van der Waals surface area (Å²) in [4.78, 5) is 37.5. The molecular formula is C17H19NO7S. The van der Waals surface area contributed by atoms with E-state index in [-0.39, 0.29) is 4.91 Å². The van der Waals surface area contributed by atoms with Crippen LogP contribution < -0.4 is 14.2 Å². The molecule has 1 fully saturated rings. The summed E-state index contributed by atoms with van der Waals surface area (Å²) in [6.45, 7) is 1.43. The molecule has 0 bridgehead atoms. The van der Waals surface area contributed by atoms with Gasteiger partial charge in [-0.1, -0.05) is 0 Å². The van der Waals surface area contributed by atoms with Gasteiger partial charge in [0, 0.05) is 12.1 Å². The Morgan fingerprint density at radius 2 is 1.65 bits per heavy atom. The Morgan fingerprint density at radius 1 is 1.08 bits per heavy atom. The summed E-state index contributed by atoms with van der Waals surface area (Å²) in [6, 6.07) is 2.25. The summed E-state index contributed by atoms with van der Waals surface area (Å²) >= 11 is 0.730. The normalized spacial score (nSPS) is 16.7. The summed E-state index contributed by atoms with van der Waals surface area (Å²) in [5.41, 5.74) is 0.479. The first-order chi connectivity index (χ1) is 12.4. The van der Waals surface area contributed by atoms with Crippen molar-refractivity contribution in [3.8, 4) is 17.2 Å². The number of esters is 1. The van der Waals surface area contributed by atoms with Gasteiger partial charge >= 0.3 is 5.97 Å². The molecule has 1 aliphatic rings. The molecule has 8 nitrogen and oxygen atoms in total. The van der Waals surface area contributed by atoms with E-state index in [1.807, 2.05) is 0 Å². The second kappa shape index (κ2) is 8.13. The lowest BCUT2D eigenvalue weighted by molar-refractivity contribution is -0.148. The van der Waals surface area contributed by atoms with Crippen LogP contribution in [0.2, 0.25) is 0 Å². The first kappa shape index (κ1) is 19.6. The van der Waals surface area contributed by atoms with Crippen LogP contribution in [0.4, 0.5) is 4.79 Å². The van der Waals surface area contributed by atoms with E-state index in [4.69, 9.17) is 14.2 Å². The van der Waals surface area contributed by atoms with Gasteiger partial charge in [-0.05, 0) is 24.8 Å². The molecule has 0 N–H and O–H groups in total. The van der Waals surface area contributed by atoms with Crippen molar-refractivity contribution in [1.29, 1.82) is 0 Å². The van der Waals surface area contributed by atoms with E-state index in [0.717, 1.165) is 16.7 Å². The van der Waals surface area contributed by atoms with Crippen molar-refractivity contribution in [2.24, 2.45) is 0 Å². The second-order valence-electron chi connectivity index (χ2n) is 5.20. The lowest BCUT2D eigenvalue weighted by Gasteiger charge is -2.18. The highest BCUT2D eigenvalue weighted by Gasteiger charge is 2.41. The van der Waals surface area contributed by atoms with Crippen LogP contribution >= 0.6 is 11.8 Å². The number of methoxy groups -OCH3 is 4. The fourth-order valence-electron chi connectivity index (χ4n) is 2.40. The molecule has 1 heterocycles. The predicted molar refractivity (Wildman–Crippen MR) is 95.4 cm³/mol. The third-order valence-electron chi connectivity index (χ3n) is 3.78. The van der Waals surface area contributed by atoms with Crippen LogP contribution in [0, 0.1) is 0 Å². The zero-order valence-electron chi connectivity index (χ0n) is 15.0. The van der Waals surface area contributed by atoms with Crippen LogP contribution in [0.1, 0.15) is 12.5 Å². The molecule has 0 radical (unpaired) electrons. The summed E-state index contributed by atoms with van der Waals surface area (Å²) < 4.78 is 20.5. The highest BCUT2D eigenvalue weighted by Crippen LogP contribution is 2.40. The van der Waals surface area contributed by atoms with Gasteiger partial charge in [-0.2, -0.15) is 0 Å². The van der Waals surface area contributed by atoms with Crippen molar-refractivity contribution >= 4 is 35.0 Å². The molecule has 1 saturated heterocycles. The van der Waals surface area contributed by atoms with Gasteiger partial charge in [0.25, 0.3) is 11.1 Å². The second-order valence-corrected chi connectivity index (χ2v) is 6.19. The number of imide groups is 1. The van der Waals surface area contributed by atoms with Crippen LogP contribution in [0.5, 0.6) is 17.2 Å². The van der Waals surface area contributed by atoms with Crippen molar-refractivity contribution in [3.05, 3.63) is 22.6 Å². The molecule has 1 aromatic rings. The molecule has 2 rings (SSSR count). The smallest absolute Gasteiger partial charge is 0.328 e. The van der Waals surface area contributed by atoms with Crippen LogP contribution in [-0.2, 0) is 14.3 Å². The fourth-order valence-corrected chi connectivity index (χ4v) is 3.29. The van der Waals surface area contributed by atoms with E-state index in [0.29, 0.717) is 22.8 Å². The molecule has 0 saturated carbocycles. The first-order valence-electron chi connectivity index (χ1n) is 7.52. The van der Waals surface area contributed by atoms with E-state index in [9.17, 15) is 14.4 Å². The van der Waals surface area contributed by atoms with Crippen molar-refractivity contribution in [2.75, 3.05) is 28.4 Å². The first-order valence-corrected chi connectivity index (χ1v) is 8.34. The Morgan fingerprint density at radius 3 is 2.12 bits per heavy atom. The minimum Gasteiger partial charge on any atom is -0.496 e. The Hall–Kier alpha value is -2.68. The average molecular weight is 381 g/mol. The Labute approximate surface area is 155 Å². The monoisotopic (exact) mass is 381 g/mol. The van der Waals surface area contributed by atoms with Gasteiger partial charge in [0.2, 0.25) is 0 Å². The summed E-state index contributed by atoms with van der Waals surface area (Å²) in [5.74, 6) is 0.0808. The molecule has 26 heavy (non-hydrogen) atoms. The van der Waals surface area contributed by atoms with E-state index in [1.165, 1.54) is 41.4 Å². The Bertz CT molecular complexity index is 749. The van der Waals surface area contributed by atoms with E-state index < -0.39 is 23.2 Å². The van der Waals surface area contributed by atoms with Gasteiger partial charge in [-0.3, -0.25) is 14.5 Å². The van der Waals surface area contributed by atoms with E-state index in [2.05, 4.69) is 4.74 Å². The van der Waals surface area contributed by atoms with Crippen LogP contribution in [0.3, 0.4) is 0 Å². The molecule has 0 aromatic heterocycles. The summed E-state index contributed by atoms with van der Waals surface area (Å²) in [5, 5.41) is -0.550. The number of thioether (sulfide) groups is 1. The van der Waals surface area contributed by atoms with E-state index >= 15 is 0 Å². The number of carbonyl (C=O) groups excluding carboxylic acids is 3. The number of amides is 2. The molecule has 0 unspecified atom stereocenters. The highest BCUT2D eigenvalue weighted by atomic mass is 32.2. The molecule has 0 aliphatic carbocycles. The molecular weight excluding hydrogens is 362 g/mol. The Balaban J connectivity index is 2.46. The van der Waals surface area contributed by atoms with Gasteiger partial charge < -0.3 is 18.9 Å².